The Bertz CT molecular complexity index is 988. The van der Waals surface area contributed by atoms with E-state index in [0.29, 0.717) is 38.2 Å². The summed E-state index contributed by atoms with van der Waals surface area (Å²) in [5.74, 6) is -0.193. The summed E-state index contributed by atoms with van der Waals surface area (Å²) in [5, 5.41) is 2.01. The normalized spacial score (nSPS) is 10.7. The van der Waals surface area contributed by atoms with Gasteiger partial charge in [-0.15, -0.1) is 11.3 Å². The van der Waals surface area contributed by atoms with Crippen molar-refractivity contribution in [2.45, 2.75) is 32.9 Å². The van der Waals surface area contributed by atoms with Crippen molar-refractivity contribution in [3.05, 3.63) is 93.7 Å². The maximum atomic E-state index is 13.5. The lowest BCUT2D eigenvalue weighted by Gasteiger charge is -2.28. The first-order valence-electron chi connectivity index (χ1n) is 11.3. The zero-order valence-corrected chi connectivity index (χ0v) is 20.2. The van der Waals surface area contributed by atoms with Gasteiger partial charge in [0.25, 0.3) is 5.91 Å². The molecular formula is C27H32N2O3S. The van der Waals surface area contributed by atoms with Gasteiger partial charge in [-0.2, -0.15) is 0 Å². The molecule has 0 radical (unpaired) electrons. The van der Waals surface area contributed by atoms with Crippen molar-refractivity contribution in [2.75, 3.05) is 26.8 Å². The molecule has 0 aliphatic heterocycles. The van der Waals surface area contributed by atoms with Crippen molar-refractivity contribution >= 4 is 23.2 Å². The minimum absolute atomic E-state index is 0.0380. The second kappa shape index (κ2) is 12.9. The number of carbonyl (C=O) groups is 2. The molecule has 0 saturated carbocycles. The van der Waals surface area contributed by atoms with E-state index in [4.69, 9.17) is 4.74 Å². The van der Waals surface area contributed by atoms with Gasteiger partial charge in [0, 0.05) is 37.2 Å². The number of thiophene rings is 1. The number of hydrogen-bond acceptors (Lipinski definition) is 4. The Balaban J connectivity index is 1.77. The first kappa shape index (κ1) is 24.7. The summed E-state index contributed by atoms with van der Waals surface area (Å²) in [7, 11) is 1.64. The molecule has 0 unspecified atom stereocenters. The third kappa shape index (κ3) is 7.55. The number of carbonyl (C=O) groups excluding carboxylic acids is 2. The predicted octanol–water partition coefficient (Wildman–Crippen LogP) is 5.02. The third-order valence-electron chi connectivity index (χ3n) is 5.49. The van der Waals surface area contributed by atoms with E-state index in [2.05, 4.69) is 6.92 Å². The van der Waals surface area contributed by atoms with Crippen LogP contribution >= 0.6 is 11.3 Å². The minimum Gasteiger partial charge on any atom is -0.385 e. The zero-order chi connectivity index (χ0) is 23.5. The molecule has 0 N–H and O–H groups in total. The van der Waals surface area contributed by atoms with Crippen LogP contribution in [0.2, 0.25) is 0 Å². The fourth-order valence-corrected chi connectivity index (χ4v) is 4.33. The topological polar surface area (TPSA) is 49.9 Å². The lowest BCUT2D eigenvalue weighted by atomic mass is 10.1. The Hall–Kier alpha value is -2.96. The largest absolute Gasteiger partial charge is 0.385 e. The highest BCUT2D eigenvalue weighted by Crippen LogP contribution is 2.16. The molecule has 0 aliphatic carbocycles. The van der Waals surface area contributed by atoms with E-state index in [0.717, 1.165) is 16.9 Å². The summed E-state index contributed by atoms with van der Waals surface area (Å²) >= 11 is 1.63. The van der Waals surface area contributed by atoms with E-state index in [1.54, 1.807) is 23.3 Å². The van der Waals surface area contributed by atoms with Crippen LogP contribution in [0.25, 0.3) is 0 Å². The molecule has 0 bridgehead atoms. The maximum absolute atomic E-state index is 13.5. The number of methoxy groups -OCH3 is 1. The van der Waals surface area contributed by atoms with Gasteiger partial charge in [0.15, 0.2) is 0 Å². The zero-order valence-electron chi connectivity index (χ0n) is 19.4. The lowest BCUT2D eigenvalue weighted by Crippen LogP contribution is -2.43. The fourth-order valence-electron chi connectivity index (χ4n) is 3.61. The van der Waals surface area contributed by atoms with Crippen LogP contribution < -0.4 is 0 Å². The van der Waals surface area contributed by atoms with Gasteiger partial charge in [0.05, 0.1) is 6.54 Å². The molecule has 0 saturated heterocycles. The van der Waals surface area contributed by atoms with Gasteiger partial charge in [-0.1, -0.05) is 55.5 Å². The first-order chi connectivity index (χ1) is 16.1. The molecule has 0 aliphatic rings. The van der Waals surface area contributed by atoms with Gasteiger partial charge < -0.3 is 14.5 Å². The lowest BCUT2D eigenvalue weighted by molar-refractivity contribution is -0.133. The van der Waals surface area contributed by atoms with Crippen LogP contribution in [0.3, 0.4) is 0 Å². The minimum atomic E-state index is -0.127. The Morgan fingerprint density at radius 3 is 2.27 bits per heavy atom. The quantitative estimate of drug-likeness (QED) is 0.354. The molecular weight excluding hydrogens is 432 g/mol. The summed E-state index contributed by atoms with van der Waals surface area (Å²) < 4.78 is 5.18. The summed E-state index contributed by atoms with van der Waals surface area (Å²) in [5.41, 5.74) is 2.85. The molecule has 2 amide bonds. The molecule has 0 fully saturated rings. The number of nitrogens with zero attached hydrogens (tertiary/aromatic N) is 2. The van der Waals surface area contributed by atoms with Crippen LogP contribution in [0, 0.1) is 0 Å². The SMILES string of the molecule is CCc1ccc(C(=O)N(CCCOC)CC(=O)N(Cc2ccccc2)Cc2cccs2)cc1. The molecule has 5 nitrogen and oxygen atoms in total. The molecule has 3 rings (SSSR count). The van der Waals surface area contributed by atoms with Crippen molar-refractivity contribution in [3.63, 3.8) is 0 Å². The standard InChI is InChI=1S/C27H32N2O3S/c1-3-22-12-14-24(15-13-22)27(31)28(16-8-17-32-2)21-26(30)29(20-25-11-7-18-33-25)19-23-9-5-4-6-10-23/h4-7,9-15,18H,3,8,16-17,19-21H2,1-2H3. The Kier molecular flexibility index (Phi) is 9.66. The maximum Gasteiger partial charge on any atom is 0.254 e. The van der Waals surface area contributed by atoms with Gasteiger partial charge in [0.2, 0.25) is 5.91 Å². The molecule has 3 aromatic rings. The summed E-state index contributed by atoms with van der Waals surface area (Å²) in [6.07, 6.45) is 1.59. The van der Waals surface area contributed by atoms with Crippen LogP contribution in [-0.4, -0.2) is 48.4 Å². The van der Waals surface area contributed by atoms with Crippen molar-refractivity contribution in [1.29, 1.82) is 0 Å². The van der Waals surface area contributed by atoms with Gasteiger partial charge in [0.1, 0.15) is 6.54 Å². The van der Waals surface area contributed by atoms with Crippen molar-refractivity contribution in [3.8, 4) is 0 Å². The Labute approximate surface area is 200 Å². The average Bonchev–Trinajstić information content (AvgIpc) is 3.36. The predicted molar refractivity (Wildman–Crippen MR) is 133 cm³/mol. The van der Waals surface area contributed by atoms with E-state index >= 15 is 0 Å². The van der Waals surface area contributed by atoms with E-state index in [-0.39, 0.29) is 18.4 Å². The number of benzene rings is 2. The number of rotatable bonds is 12. The van der Waals surface area contributed by atoms with Crippen LogP contribution in [0.5, 0.6) is 0 Å². The highest BCUT2D eigenvalue weighted by molar-refractivity contribution is 7.09. The molecule has 174 valence electrons. The molecule has 33 heavy (non-hydrogen) atoms. The van der Waals surface area contributed by atoms with E-state index in [1.165, 1.54) is 5.56 Å². The second-order valence-corrected chi connectivity index (χ2v) is 8.97. The van der Waals surface area contributed by atoms with Crippen LogP contribution in [-0.2, 0) is 29.0 Å². The summed E-state index contributed by atoms with van der Waals surface area (Å²) in [6, 6.07) is 21.6. The van der Waals surface area contributed by atoms with E-state index in [1.807, 2.05) is 77.0 Å². The molecule has 0 atom stereocenters. The first-order valence-corrected chi connectivity index (χ1v) is 12.2. The van der Waals surface area contributed by atoms with Crippen LogP contribution in [0.4, 0.5) is 0 Å². The molecule has 2 aromatic carbocycles. The smallest absolute Gasteiger partial charge is 0.254 e. The molecule has 1 aromatic heterocycles. The Morgan fingerprint density at radius 2 is 1.64 bits per heavy atom. The van der Waals surface area contributed by atoms with E-state index < -0.39 is 0 Å². The van der Waals surface area contributed by atoms with Gasteiger partial charge >= 0.3 is 0 Å². The van der Waals surface area contributed by atoms with E-state index in [9.17, 15) is 9.59 Å². The van der Waals surface area contributed by atoms with Gasteiger partial charge in [-0.25, -0.2) is 0 Å². The Morgan fingerprint density at radius 1 is 0.879 bits per heavy atom. The second-order valence-electron chi connectivity index (χ2n) is 7.94. The van der Waals surface area contributed by atoms with Crippen LogP contribution in [0.15, 0.2) is 72.1 Å². The summed E-state index contributed by atoms with van der Waals surface area (Å²) in [4.78, 5) is 31.3. The van der Waals surface area contributed by atoms with Gasteiger partial charge in [-0.3, -0.25) is 9.59 Å². The van der Waals surface area contributed by atoms with Crippen molar-refractivity contribution in [1.82, 2.24) is 9.80 Å². The summed E-state index contributed by atoms with van der Waals surface area (Å²) in [6.45, 7) is 4.15. The third-order valence-corrected chi connectivity index (χ3v) is 6.36. The van der Waals surface area contributed by atoms with Crippen molar-refractivity contribution < 1.29 is 14.3 Å². The monoisotopic (exact) mass is 464 g/mol. The van der Waals surface area contributed by atoms with Gasteiger partial charge in [-0.05, 0) is 47.5 Å². The fraction of sp³-hybridized carbons (Fsp3) is 0.333. The number of aryl methyl sites for hydroxylation is 1. The molecule has 6 heteroatoms. The molecule has 0 spiro atoms. The average molecular weight is 465 g/mol. The number of amides is 2. The number of ether oxygens (including phenoxy) is 1. The number of hydrogen-bond donors (Lipinski definition) is 0. The molecule has 1 heterocycles. The highest BCUT2D eigenvalue weighted by Gasteiger charge is 2.23. The van der Waals surface area contributed by atoms with Crippen LogP contribution in [0.1, 0.15) is 39.7 Å². The highest BCUT2D eigenvalue weighted by atomic mass is 32.1. The van der Waals surface area contributed by atoms with Crippen molar-refractivity contribution in [2.24, 2.45) is 0 Å².